The summed E-state index contributed by atoms with van der Waals surface area (Å²) in [6.07, 6.45) is 4.95. The van der Waals surface area contributed by atoms with Crippen LogP contribution < -0.4 is 0 Å². The molecule has 1 aliphatic carbocycles. The molecule has 0 unspecified atom stereocenters. The molecule has 3 aliphatic heterocycles. The van der Waals surface area contributed by atoms with E-state index < -0.39 is 0 Å². The lowest BCUT2D eigenvalue weighted by Gasteiger charge is -2.53. The fourth-order valence-corrected chi connectivity index (χ4v) is 4.30. The number of carbonyl (C=O) groups excluding carboxylic acids is 2. The summed E-state index contributed by atoms with van der Waals surface area (Å²) >= 11 is 0. The molecule has 1 saturated carbocycles. The van der Waals surface area contributed by atoms with Crippen LogP contribution in [0.15, 0.2) is 0 Å². The number of rotatable bonds is 4. The Bertz CT molecular complexity index is 511. The molecule has 3 saturated heterocycles. The maximum atomic E-state index is 12.3. The quantitative estimate of drug-likeness (QED) is 0.770. The van der Waals surface area contributed by atoms with Crippen LogP contribution in [0.3, 0.4) is 0 Å². The summed E-state index contributed by atoms with van der Waals surface area (Å²) in [5.41, 5.74) is -0.229. The molecular weight excluding hydrogens is 308 g/mol. The molecule has 24 heavy (non-hydrogen) atoms. The zero-order chi connectivity index (χ0) is 16.7. The van der Waals surface area contributed by atoms with Crippen molar-refractivity contribution < 1.29 is 19.1 Å². The number of nitrogens with zero attached hydrogens (tertiary/aromatic N) is 2. The van der Waals surface area contributed by atoms with E-state index in [1.165, 1.54) is 0 Å². The van der Waals surface area contributed by atoms with Crippen molar-refractivity contribution in [2.75, 3.05) is 39.4 Å². The van der Waals surface area contributed by atoms with Gasteiger partial charge in [-0.1, -0.05) is 6.92 Å². The molecule has 6 nitrogen and oxygen atoms in total. The van der Waals surface area contributed by atoms with Gasteiger partial charge in [-0.25, -0.2) is 0 Å². The van der Waals surface area contributed by atoms with Gasteiger partial charge in [0, 0.05) is 32.0 Å². The molecule has 1 spiro atoms. The van der Waals surface area contributed by atoms with Crippen LogP contribution >= 0.6 is 0 Å². The highest BCUT2D eigenvalue weighted by molar-refractivity contribution is 5.82. The van der Waals surface area contributed by atoms with E-state index in [0.29, 0.717) is 31.5 Å². The summed E-state index contributed by atoms with van der Waals surface area (Å²) in [6, 6.07) is 0. The molecule has 4 aliphatic rings. The number of hydrogen-bond donors (Lipinski definition) is 0. The molecule has 6 heteroatoms. The van der Waals surface area contributed by atoms with Gasteiger partial charge in [-0.05, 0) is 31.6 Å². The maximum absolute atomic E-state index is 12.3. The van der Waals surface area contributed by atoms with Crippen molar-refractivity contribution in [2.24, 2.45) is 11.8 Å². The van der Waals surface area contributed by atoms with Crippen LogP contribution in [0.2, 0.25) is 0 Å². The van der Waals surface area contributed by atoms with Gasteiger partial charge in [0.2, 0.25) is 11.8 Å². The Kier molecular flexibility index (Phi) is 4.29. The molecular formula is C18H28N2O4. The van der Waals surface area contributed by atoms with Gasteiger partial charge < -0.3 is 19.3 Å². The van der Waals surface area contributed by atoms with Crippen LogP contribution in [-0.4, -0.2) is 72.7 Å². The average molecular weight is 336 g/mol. The average Bonchev–Trinajstić information content (AvgIpc) is 3.05. The van der Waals surface area contributed by atoms with E-state index in [2.05, 4.69) is 6.92 Å². The van der Waals surface area contributed by atoms with Crippen LogP contribution in [0.1, 0.15) is 39.0 Å². The first-order valence-electron chi connectivity index (χ1n) is 9.38. The molecule has 0 bridgehead atoms. The highest BCUT2D eigenvalue weighted by Crippen LogP contribution is 2.43. The number of hydrogen-bond acceptors (Lipinski definition) is 4. The van der Waals surface area contributed by atoms with Crippen molar-refractivity contribution in [2.45, 2.75) is 50.7 Å². The van der Waals surface area contributed by atoms with Crippen molar-refractivity contribution in [3.63, 3.8) is 0 Å². The Hall–Kier alpha value is -1.14. The van der Waals surface area contributed by atoms with Gasteiger partial charge in [-0.2, -0.15) is 0 Å². The Morgan fingerprint density at radius 2 is 1.92 bits per heavy atom. The van der Waals surface area contributed by atoms with E-state index in [0.717, 1.165) is 45.2 Å². The second-order valence-corrected chi connectivity index (χ2v) is 8.06. The molecule has 0 N–H and O–H groups in total. The zero-order valence-electron chi connectivity index (χ0n) is 14.5. The first-order chi connectivity index (χ1) is 11.6. The summed E-state index contributed by atoms with van der Waals surface area (Å²) in [5.74, 6) is 1.20. The van der Waals surface area contributed by atoms with E-state index in [1.54, 1.807) is 0 Å². The van der Waals surface area contributed by atoms with Gasteiger partial charge in [0.15, 0.2) is 0 Å². The van der Waals surface area contributed by atoms with Crippen LogP contribution in [0, 0.1) is 11.8 Å². The van der Waals surface area contributed by atoms with E-state index in [9.17, 15) is 9.59 Å². The lowest BCUT2D eigenvalue weighted by molar-refractivity contribution is -0.202. The second kappa shape index (κ2) is 6.30. The maximum Gasteiger partial charge on any atom is 0.248 e. The number of likely N-dealkylation sites (tertiary alicyclic amines) is 2. The molecule has 0 aromatic rings. The number of amides is 2. The van der Waals surface area contributed by atoms with Gasteiger partial charge in [0.05, 0.1) is 19.2 Å². The smallest absolute Gasteiger partial charge is 0.248 e. The topological polar surface area (TPSA) is 59.1 Å². The predicted octanol–water partition coefficient (Wildman–Crippen LogP) is 1.04. The highest BCUT2D eigenvalue weighted by Gasteiger charge is 2.53. The molecule has 3 heterocycles. The van der Waals surface area contributed by atoms with Crippen molar-refractivity contribution in [3.05, 3.63) is 0 Å². The van der Waals surface area contributed by atoms with Crippen molar-refractivity contribution in [3.8, 4) is 0 Å². The summed E-state index contributed by atoms with van der Waals surface area (Å²) in [6.45, 7) is 6.10. The van der Waals surface area contributed by atoms with Crippen molar-refractivity contribution in [1.82, 2.24) is 9.80 Å². The first kappa shape index (κ1) is 16.3. The van der Waals surface area contributed by atoms with Gasteiger partial charge in [0.1, 0.15) is 12.2 Å². The van der Waals surface area contributed by atoms with Gasteiger partial charge in [-0.15, -0.1) is 0 Å². The molecule has 134 valence electrons. The van der Waals surface area contributed by atoms with E-state index in [1.807, 2.05) is 9.80 Å². The van der Waals surface area contributed by atoms with E-state index >= 15 is 0 Å². The molecule has 0 radical (unpaired) electrons. The molecule has 3 atom stereocenters. The number of carbonyl (C=O) groups is 2. The molecule has 0 aromatic heterocycles. The molecule has 2 amide bonds. The van der Waals surface area contributed by atoms with E-state index in [-0.39, 0.29) is 30.1 Å². The molecule has 4 fully saturated rings. The molecule has 0 aromatic carbocycles. The monoisotopic (exact) mass is 336 g/mol. The van der Waals surface area contributed by atoms with Crippen molar-refractivity contribution in [1.29, 1.82) is 0 Å². The summed E-state index contributed by atoms with van der Waals surface area (Å²) in [7, 11) is 0. The fraction of sp³-hybridized carbons (Fsp3) is 0.889. The SMILES string of the molecule is C[C@@H]1C[C@H]1C(=O)N1CC2(C[C@H](OCC(=O)N3CCCC3)CCO2)C1. The summed E-state index contributed by atoms with van der Waals surface area (Å²) in [4.78, 5) is 28.2. The summed E-state index contributed by atoms with van der Waals surface area (Å²) in [5, 5.41) is 0. The van der Waals surface area contributed by atoms with Crippen LogP contribution in [0.25, 0.3) is 0 Å². The Labute approximate surface area is 143 Å². The zero-order valence-corrected chi connectivity index (χ0v) is 14.5. The second-order valence-electron chi connectivity index (χ2n) is 8.06. The normalized spacial score (nSPS) is 34.3. The minimum atomic E-state index is -0.229. The van der Waals surface area contributed by atoms with Crippen LogP contribution in [0.5, 0.6) is 0 Å². The van der Waals surface area contributed by atoms with Gasteiger partial charge in [-0.3, -0.25) is 9.59 Å². The predicted molar refractivity (Wildman–Crippen MR) is 87.3 cm³/mol. The Morgan fingerprint density at radius 3 is 2.58 bits per heavy atom. The largest absolute Gasteiger partial charge is 0.371 e. The Morgan fingerprint density at radius 1 is 1.21 bits per heavy atom. The first-order valence-corrected chi connectivity index (χ1v) is 9.38. The summed E-state index contributed by atoms with van der Waals surface area (Å²) < 4.78 is 11.9. The molecule has 4 rings (SSSR count). The van der Waals surface area contributed by atoms with Gasteiger partial charge >= 0.3 is 0 Å². The lowest BCUT2D eigenvalue weighted by Crippen LogP contribution is -2.67. The number of ether oxygens (including phenoxy) is 2. The highest BCUT2D eigenvalue weighted by atomic mass is 16.5. The third kappa shape index (κ3) is 3.18. The minimum absolute atomic E-state index is 0.0717. The fourth-order valence-electron chi connectivity index (χ4n) is 4.30. The van der Waals surface area contributed by atoms with E-state index in [4.69, 9.17) is 9.47 Å². The van der Waals surface area contributed by atoms with Crippen LogP contribution in [0.4, 0.5) is 0 Å². The van der Waals surface area contributed by atoms with Crippen molar-refractivity contribution >= 4 is 11.8 Å². The third-order valence-corrected chi connectivity index (χ3v) is 6.05. The van der Waals surface area contributed by atoms with Crippen LogP contribution in [-0.2, 0) is 19.1 Å². The Balaban J connectivity index is 1.23. The minimum Gasteiger partial charge on any atom is -0.371 e. The third-order valence-electron chi connectivity index (χ3n) is 6.05. The van der Waals surface area contributed by atoms with Gasteiger partial charge in [0.25, 0.3) is 0 Å². The standard InChI is InChI=1S/C18H28N2O4/c1-13-8-15(13)17(22)20-11-18(12-20)9-14(4-7-24-18)23-10-16(21)19-5-2-3-6-19/h13-15H,2-12H2,1H3/t13-,14-,15-/m1/s1. The lowest BCUT2D eigenvalue weighted by atomic mass is 9.84.